The van der Waals surface area contributed by atoms with Gasteiger partial charge in [0.15, 0.2) is 6.61 Å². The predicted octanol–water partition coefficient (Wildman–Crippen LogP) is 3.62. The van der Waals surface area contributed by atoms with Crippen molar-refractivity contribution in [2.75, 3.05) is 12.4 Å². The highest BCUT2D eigenvalue weighted by Crippen LogP contribution is 2.18. The molecule has 0 unspecified atom stereocenters. The Morgan fingerprint density at radius 3 is 2.21 bits per heavy atom. The van der Waals surface area contributed by atoms with Gasteiger partial charge < -0.3 is 13.8 Å². The molecule has 28 heavy (non-hydrogen) atoms. The van der Waals surface area contributed by atoms with E-state index in [9.17, 15) is 13.2 Å². The van der Waals surface area contributed by atoms with Gasteiger partial charge in [-0.2, -0.15) is 8.42 Å². The van der Waals surface area contributed by atoms with Crippen LogP contribution < -0.4 is 8.92 Å². The standard InChI is InChI=1S/C21H27NO5S/c1-4-17(3)22(21(23)16-26-19-9-7-6-8-10-19)15-18-11-13-20(14-12-18)27-28(24,25)5-2/h6-14,17H,4-5,15-16H2,1-3H3/t17-/m1/s1. The van der Waals surface area contributed by atoms with Crippen LogP contribution in [0.15, 0.2) is 54.6 Å². The molecular formula is C21H27NO5S. The number of hydrogen-bond acceptors (Lipinski definition) is 5. The first-order valence-corrected chi connectivity index (χ1v) is 10.9. The molecule has 0 aromatic heterocycles. The maximum atomic E-state index is 12.7. The van der Waals surface area contributed by atoms with Crippen LogP contribution in [0.3, 0.4) is 0 Å². The minimum absolute atomic E-state index is 0.0374. The van der Waals surface area contributed by atoms with Crippen molar-refractivity contribution in [3.63, 3.8) is 0 Å². The van der Waals surface area contributed by atoms with Crippen molar-refractivity contribution in [3.8, 4) is 11.5 Å². The molecule has 2 aromatic rings. The van der Waals surface area contributed by atoms with Gasteiger partial charge in [-0.3, -0.25) is 4.79 Å². The Bertz CT molecular complexity index is 850. The van der Waals surface area contributed by atoms with Crippen molar-refractivity contribution in [2.45, 2.75) is 39.8 Å². The van der Waals surface area contributed by atoms with Gasteiger partial charge in [-0.25, -0.2) is 0 Å². The Hall–Kier alpha value is -2.54. The van der Waals surface area contributed by atoms with E-state index in [1.807, 2.05) is 44.2 Å². The minimum atomic E-state index is -3.55. The molecule has 0 radical (unpaired) electrons. The number of para-hydroxylation sites is 1. The third kappa shape index (κ3) is 6.56. The zero-order valence-corrected chi connectivity index (χ0v) is 17.3. The second-order valence-corrected chi connectivity index (χ2v) is 8.31. The highest BCUT2D eigenvalue weighted by Gasteiger charge is 2.20. The van der Waals surface area contributed by atoms with E-state index in [0.717, 1.165) is 12.0 Å². The number of nitrogens with zero attached hydrogens (tertiary/aromatic N) is 1. The summed E-state index contributed by atoms with van der Waals surface area (Å²) in [6, 6.07) is 16.0. The molecule has 0 saturated heterocycles. The molecule has 7 heteroatoms. The fourth-order valence-electron chi connectivity index (χ4n) is 2.51. The van der Waals surface area contributed by atoms with Gasteiger partial charge in [0.05, 0.1) is 5.75 Å². The van der Waals surface area contributed by atoms with Crippen LogP contribution in [0.1, 0.15) is 32.8 Å². The quantitative estimate of drug-likeness (QED) is 0.565. The van der Waals surface area contributed by atoms with Crippen molar-refractivity contribution >= 4 is 16.0 Å². The van der Waals surface area contributed by atoms with Gasteiger partial charge in [0.25, 0.3) is 5.91 Å². The highest BCUT2D eigenvalue weighted by atomic mass is 32.2. The highest BCUT2D eigenvalue weighted by molar-refractivity contribution is 7.87. The van der Waals surface area contributed by atoms with Crippen LogP contribution in [0.2, 0.25) is 0 Å². The number of hydrogen-bond donors (Lipinski definition) is 0. The van der Waals surface area contributed by atoms with Gasteiger partial charge in [0.1, 0.15) is 11.5 Å². The molecule has 2 rings (SSSR count). The summed E-state index contributed by atoms with van der Waals surface area (Å²) >= 11 is 0. The number of rotatable bonds is 10. The summed E-state index contributed by atoms with van der Waals surface area (Å²) in [7, 11) is -3.55. The van der Waals surface area contributed by atoms with Gasteiger partial charge in [0, 0.05) is 12.6 Å². The molecule has 0 aliphatic carbocycles. The summed E-state index contributed by atoms with van der Waals surface area (Å²) in [5, 5.41) is 0. The molecule has 1 amide bonds. The average molecular weight is 406 g/mol. The molecule has 0 aliphatic heterocycles. The number of benzene rings is 2. The molecule has 0 fully saturated rings. The molecule has 0 aliphatic rings. The summed E-state index contributed by atoms with van der Waals surface area (Å²) in [4.78, 5) is 14.5. The van der Waals surface area contributed by atoms with E-state index >= 15 is 0 Å². The summed E-state index contributed by atoms with van der Waals surface area (Å²) in [5.74, 6) is 0.719. The maximum Gasteiger partial charge on any atom is 0.308 e. The largest absolute Gasteiger partial charge is 0.484 e. The van der Waals surface area contributed by atoms with E-state index < -0.39 is 10.1 Å². The van der Waals surface area contributed by atoms with Gasteiger partial charge in [-0.1, -0.05) is 37.3 Å². The van der Waals surface area contributed by atoms with E-state index in [4.69, 9.17) is 8.92 Å². The molecule has 1 atom stereocenters. The first-order valence-electron chi connectivity index (χ1n) is 9.33. The Morgan fingerprint density at radius 2 is 1.64 bits per heavy atom. The minimum Gasteiger partial charge on any atom is -0.484 e. The van der Waals surface area contributed by atoms with Crippen LogP contribution in [0.4, 0.5) is 0 Å². The molecule has 0 spiro atoms. The van der Waals surface area contributed by atoms with Crippen LogP contribution in [-0.2, 0) is 21.5 Å². The van der Waals surface area contributed by atoms with E-state index in [1.54, 1.807) is 29.2 Å². The monoisotopic (exact) mass is 405 g/mol. The van der Waals surface area contributed by atoms with Crippen molar-refractivity contribution in [1.82, 2.24) is 4.90 Å². The second kappa shape index (κ2) is 10.1. The fourth-order valence-corrected chi connectivity index (χ4v) is 3.03. The summed E-state index contributed by atoms with van der Waals surface area (Å²) in [6.07, 6.45) is 0.813. The third-order valence-electron chi connectivity index (χ3n) is 4.40. The lowest BCUT2D eigenvalue weighted by atomic mass is 10.1. The van der Waals surface area contributed by atoms with Crippen LogP contribution in [0.25, 0.3) is 0 Å². The fraction of sp³-hybridized carbons (Fsp3) is 0.381. The first-order chi connectivity index (χ1) is 13.3. The van der Waals surface area contributed by atoms with Gasteiger partial charge in [-0.15, -0.1) is 0 Å². The molecule has 0 heterocycles. The molecule has 2 aromatic carbocycles. The Labute approximate surface area is 167 Å². The maximum absolute atomic E-state index is 12.7. The SMILES string of the molecule is CC[C@@H](C)N(Cc1ccc(OS(=O)(=O)CC)cc1)C(=O)COc1ccccc1. The smallest absolute Gasteiger partial charge is 0.308 e. The third-order valence-corrected chi connectivity index (χ3v) is 5.56. The van der Waals surface area contributed by atoms with E-state index in [1.165, 1.54) is 6.92 Å². The summed E-state index contributed by atoms with van der Waals surface area (Å²) in [6.45, 7) is 5.91. The zero-order chi connectivity index (χ0) is 20.6. The van der Waals surface area contributed by atoms with Crippen molar-refractivity contribution in [2.24, 2.45) is 0 Å². The molecule has 6 nitrogen and oxygen atoms in total. The summed E-state index contributed by atoms with van der Waals surface area (Å²) in [5.41, 5.74) is 0.884. The number of carbonyl (C=O) groups is 1. The normalized spacial score (nSPS) is 12.2. The lowest BCUT2D eigenvalue weighted by Gasteiger charge is -2.29. The summed E-state index contributed by atoms with van der Waals surface area (Å²) < 4.78 is 33.7. The Kier molecular flexibility index (Phi) is 7.87. The molecule has 0 N–H and O–H groups in total. The van der Waals surface area contributed by atoms with Crippen LogP contribution in [0, 0.1) is 0 Å². The lowest BCUT2D eigenvalue weighted by molar-refractivity contribution is -0.136. The Balaban J connectivity index is 2.04. The van der Waals surface area contributed by atoms with Crippen LogP contribution >= 0.6 is 0 Å². The molecule has 152 valence electrons. The number of ether oxygens (including phenoxy) is 1. The molecular weight excluding hydrogens is 378 g/mol. The molecule has 0 bridgehead atoms. The van der Waals surface area contributed by atoms with E-state index in [-0.39, 0.29) is 30.1 Å². The second-order valence-electron chi connectivity index (χ2n) is 6.45. The zero-order valence-electron chi connectivity index (χ0n) is 16.5. The Morgan fingerprint density at radius 1 is 1.00 bits per heavy atom. The number of amides is 1. The van der Waals surface area contributed by atoms with Gasteiger partial charge >= 0.3 is 10.1 Å². The van der Waals surface area contributed by atoms with Crippen LogP contribution in [0.5, 0.6) is 11.5 Å². The van der Waals surface area contributed by atoms with Gasteiger partial charge in [0.2, 0.25) is 0 Å². The lowest BCUT2D eigenvalue weighted by Crippen LogP contribution is -2.40. The molecule has 0 saturated carbocycles. The average Bonchev–Trinajstić information content (AvgIpc) is 2.71. The van der Waals surface area contributed by atoms with Crippen LogP contribution in [-0.4, -0.2) is 37.6 Å². The van der Waals surface area contributed by atoms with E-state index in [2.05, 4.69) is 0 Å². The van der Waals surface area contributed by atoms with Gasteiger partial charge in [-0.05, 0) is 50.1 Å². The first kappa shape index (κ1) is 21.8. The topological polar surface area (TPSA) is 72.9 Å². The van der Waals surface area contributed by atoms with Crippen molar-refractivity contribution < 1.29 is 22.1 Å². The number of carbonyl (C=O) groups excluding carboxylic acids is 1. The van der Waals surface area contributed by atoms with E-state index in [0.29, 0.717) is 12.3 Å². The van der Waals surface area contributed by atoms with Crippen molar-refractivity contribution in [1.29, 1.82) is 0 Å². The predicted molar refractivity (Wildman–Crippen MR) is 109 cm³/mol. The van der Waals surface area contributed by atoms with Crippen molar-refractivity contribution in [3.05, 3.63) is 60.2 Å².